The Bertz CT molecular complexity index is 594. The van der Waals surface area contributed by atoms with Crippen LogP contribution in [-0.2, 0) is 13.2 Å². The molecule has 2 rings (SSSR count). The van der Waals surface area contributed by atoms with Crippen molar-refractivity contribution in [1.82, 2.24) is 10.3 Å². The maximum Gasteiger partial charge on any atom is 0.130 e. The number of nitrogens with zero attached hydrogens (tertiary/aromatic N) is 1. The fraction of sp³-hybridized carbons (Fsp3) is 0.389. The molecular formula is C18H24N2O. The number of aromatic nitrogens is 1. The molecular weight excluding hydrogens is 260 g/mol. The molecule has 3 nitrogen and oxygen atoms in total. The second-order valence-corrected chi connectivity index (χ2v) is 5.62. The third kappa shape index (κ3) is 4.30. The minimum absolute atomic E-state index is 0.500. The number of benzene rings is 1. The molecule has 0 saturated carbocycles. The van der Waals surface area contributed by atoms with E-state index in [0.29, 0.717) is 12.5 Å². The molecule has 0 aliphatic heterocycles. The Morgan fingerprint density at radius 2 is 1.90 bits per heavy atom. The molecule has 3 heteroatoms. The molecule has 0 amide bonds. The lowest BCUT2D eigenvalue weighted by Crippen LogP contribution is -2.08. The summed E-state index contributed by atoms with van der Waals surface area (Å²) >= 11 is 0. The monoisotopic (exact) mass is 284 g/mol. The second kappa shape index (κ2) is 7.23. The van der Waals surface area contributed by atoms with Gasteiger partial charge in [0.1, 0.15) is 12.4 Å². The lowest BCUT2D eigenvalue weighted by Gasteiger charge is -2.13. The third-order valence-corrected chi connectivity index (χ3v) is 3.48. The summed E-state index contributed by atoms with van der Waals surface area (Å²) in [5.74, 6) is 1.45. The molecule has 1 N–H and O–H groups in total. The van der Waals surface area contributed by atoms with Crippen molar-refractivity contribution < 1.29 is 4.74 Å². The quantitative estimate of drug-likeness (QED) is 0.876. The second-order valence-electron chi connectivity index (χ2n) is 5.62. The van der Waals surface area contributed by atoms with Gasteiger partial charge in [-0.3, -0.25) is 4.98 Å². The van der Waals surface area contributed by atoms with Crippen molar-refractivity contribution in [2.24, 2.45) is 0 Å². The average molecular weight is 284 g/mol. The van der Waals surface area contributed by atoms with E-state index < -0.39 is 0 Å². The molecule has 112 valence electrons. The Hall–Kier alpha value is -1.87. The highest BCUT2D eigenvalue weighted by atomic mass is 16.5. The molecule has 0 aliphatic rings. The van der Waals surface area contributed by atoms with E-state index in [1.54, 1.807) is 0 Å². The zero-order chi connectivity index (χ0) is 15.2. The SMILES string of the molecule is CNCc1cccc(COc2cc(C(C)C)ccc2C)n1. The summed E-state index contributed by atoms with van der Waals surface area (Å²) in [5, 5.41) is 3.11. The lowest BCUT2D eigenvalue weighted by molar-refractivity contribution is 0.298. The van der Waals surface area contributed by atoms with Gasteiger partial charge in [0.2, 0.25) is 0 Å². The van der Waals surface area contributed by atoms with Gasteiger partial charge in [-0.1, -0.05) is 32.0 Å². The fourth-order valence-corrected chi connectivity index (χ4v) is 2.17. The lowest BCUT2D eigenvalue weighted by atomic mass is 10.0. The van der Waals surface area contributed by atoms with Crippen LogP contribution in [0.3, 0.4) is 0 Å². The first-order valence-electron chi connectivity index (χ1n) is 7.43. The molecule has 0 unspecified atom stereocenters. The van der Waals surface area contributed by atoms with Gasteiger partial charge in [0.25, 0.3) is 0 Å². The molecule has 0 radical (unpaired) electrons. The minimum atomic E-state index is 0.500. The van der Waals surface area contributed by atoms with Crippen LogP contribution in [0.1, 0.15) is 42.3 Å². The van der Waals surface area contributed by atoms with Crippen LogP contribution in [0.5, 0.6) is 5.75 Å². The average Bonchev–Trinajstić information content (AvgIpc) is 2.47. The van der Waals surface area contributed by atoms with Gasteiger partial charge in [-0.05, 0) is 49.2 Å². The Morgan fingerprint density at radius 1 is 1.14 bits per heavy atom. The van der Waals surface area contributed by atoms with E-state index in [-0.39, 0.29) is 0 Å². The predicted molar refractivity (Wildman–Crippen MR) is 86.6 cm³/mol. The highest BCUT2D eigenvalue weighted by molar-refractivity contribution is 5.37. The first-order chi connectivity index (χ1) is 10.1. The van der Waals surface area contributed by atoms with Gasteiger partial charge in [0.05, 0.1) is 11.4 Å². The number of hydrogen-bond donors (Lipinski definition) is 1. The molecule has 1 aromatic carbocycles. The van der Waals surface area contributed by atoms with E-state index in [0.717, 1.165) is 29.2 Å². The summed E-state index contributed by atoms with van der Waals surface area (Å²) < 4.78 is 5.96. The van der Waals surface area contributed by atoms with E-state index in [2.05, 4.69) is 49.3 Å². The Balaban J connectivity index is 2.09. The molecule has 0 aliphatic carbocycles. The standard InChI is InChI=1S/C18H24N2O/c1-13(2)15-9-8-14(3)18(10-15)21-12-17-7-5-6-16(20-17)11-19-4/h5-10,13,19H,11-12H2,1-4H3. The van der Waals surface area contributed by atoms with Crippen molar-refractivity contribution in [3.63, 3.8) is 0 Å². The molecule has 1 heterocycles. The van der Waals surface area contributed by atoms with Gasteiger partial charge in [0, 0.05) is 6.54 Å². The summed E-state index contributed by atoms with van der Waals surface area (Å²) in [6.07, 6.45) is 0. The van der Waals surface area contributed by atoms with Crippen LogP contribution in [0.2, 0.25) is 0 Å². The molecule has 0 atom stereocenters. The zero-order valence-corrected chi connectivity index (χ0v) is 13.3. The van der Waals surface area contributed by atoms with Crippen LogP contribution in [0.25, 0.3) is 0 Å². The first kappa shape index (κ1) is 15.5. The number of ether oxygens (including phenoxy) is 1. The van der Waals surface area contributed by atoms with Crippen LogP contribution in [-0.4, -0.2) is 12.0 Å². The van der Waals surface area contributed by atoms with Crippen LogP contribution in [0.4, 0.5) is 0 Å². The van der Waals surface area contributed by atoms with E-state index in [9.17, 15) is 0 Å². The van der Waals surface area contributed by atoms with Crippen LogP contribution >= 0.6 is 0 Å². The maximum absolute atomic E-state index is 5.96. The van der Waals surface area contributed by atoms with Gasteiger partial charge < -0.3 is 10.1 Å². The number of pyridine rings is 1. The zero-order valence-electron chi connectivity index (χ0n) is 13.3. The number of rotatable bonds is 6. The van der Waals surface area contributed by atoms with E-state index in [4.69, 9.17) is 4.74 Å². The molecule has 0 spiro atoms. The fourth-order valence-electron chi connectivity index (χ4n) is 2.17. The summed E-state index contributed by atoms with van der Waals surface area (Å²) in [6.45, 7) is 7.73. The van der Waals surface area contributed by atoms with Gasteiger partial charge >= 0.3 is 0 Å². The van der Waals surface area contributed by atoms with Gasteiger partial charge in [-0.2, -0.15) is 0 Å². The summed E-state index contributed by atoms with van der Waals surface area (Å²) in [7, 11) is 1.92. The van der Waals surface area contributed by atoms with Gasteiger partial charge in [0.15, 0.2) is 0 Å². The van der Waals surface area contributed by atoms with Crippen molar-refractivity contribution in [1.29, 1.82) is 0 Å². The minimum Gasteiger partial charge on any atom is -0.487 e. The Labute approximate surface area is 127 Å². The van der Waals surface area contributed by atoms with Gasteiger partial charge in [-0.25, -0.2) is 0 Å². The topological polar surface area (TPSA) is 34.1 Å². The number of nitrogens with one attached hydrogen (secondary N) is 1. The summed E-state index contributed by atoms with van der Waals surface area (Å²) in [5.41, 5.74) is 4.45. The Kier molecular flexibility index (Phi) is 5.34. The number of hydrogen-bond acceptors (Lipinski definition) is 3. The number of aryl methyl sites for hydroxylation is 1. The molecule has 2 aromatic rings. The third-order valence-electron chi connectivity index (χ3n) is 3.48. The highest BCUT2D eigenvalue weighted by Gasteiger charge is 2.06. The van der Waals surface area contributed by atoms with Crippen LogP contribution < -0.4 is 10.1 Å². The van der Waals surface area contributed by atoms with E-state index in [1.807, 2.05) is 25.2 Å². The van der Waals surface area contributed by atoms with Crippen molar-refractivity contribution >= 4 is 0 Å². The first-order valence-corrected chi connectivity index (χ1v) is 7.43. The Morgan fingerprint density at radius 3 is 2.62 bits per heavy atom. The molecule has 1 aromatic heterocycles. The van der Waals surface area contributed by atoms with E-state index in [1.165, 1.54) is 5.56 Å². The maximum atomic E-state index is 5.96. The van der Waals surface area contributed by atoms with E-state index >= 15 is 0 Å². The van der Waals surface area contributed by atoms with Crippen LogP contribution in [0.15, 0.2) is 36.4 Å². The van der Waals surface area contributed by atoms with Crippen LogP contribution in [0, 0.1) is 6.92 Å². The largest absolute Gasteiger partial charge is 0.487 e. The van der Waals surface area contributed by atoms with Crippen molar-refractivity contribution in [3.05, 3.63) is 58.9 Å². The normalized spacial score (nSPS) is 10.9. The molecule has 21 heavy (non-hydrogen) atoms. The summed E-state index contributed by atoms with van der Waals surface area (Å²) in [4.78, 5) is 4.58. The van der Waals surface area contributed by atoms with Crippen molar-refractivity contribution in [3.8, 4) is 5.75 Å². The molecule has 0 saturated heterocycles. The summed E-state index contributed by atoms with van der Waals surface area (Å²) in [6, 6.07) is 12.5. The molecule has 0 fully saturated rings. The van der Waals surface area contributed by atoms with Crippen molar-refractivity contribution in [2.75, 3.05) is 7.05 Å². The van der Waals surface area contributed by atoms with Crippen molar-refractivity contribution in [2.45, 2.75) is 39.8 Å². The predicted octanol–water partition coefficient (Wildman–Crippen LogP) is 3.81. The smallest absolute Gasteiger partial charge is 0.130 e. The molecule has 0 bridgehead atoms. The highest BCUT2D eigenvalue weighted by Crippen LogP contribution is 2.24. The van der Waals surface area contributed by atoms with Gasteiger partial charge in [-0.15, -0.1) is 0 Å².